The van der Waals surface area contributed by atoms with Gasteiger partial charge in [-0.05, 0) is 20.8 Å². The van der Waals surface area contributed by atoms with Gasteiger partial charge in [-0.2, -0.15) is 0 Å². The van der Waals surface area contributed by atoms with Crippen molar-refractivity contribution in [3.63, 3.8) is 0 Å². The van der Waals surface area contributed by atoms with Crippen LogP contribution in [0.4, 0.5) is 0 Å². The van der Waals surface area contributed by atoms with Gasteiger partial charge < -0.3 is 19.9 Å². The highest BCUT2D eigenvalue weighted by atomic mass is 16.5. The van der Waals surface area contributed by atoms with Gasteiger partial charge in [0, 0.05) is 26.7 Å². The molecule has 0 heterocycles. The molecule has 0 radical (unpaired) electrons. The molecule has 0 aromatic heterocycles. The summed E-state index contributed by atoms with van der Waals surface area (Å²) in [5.41, 5.74) is 0. The monoisotopic (exact) mass is 314 g/mol. The number of likely N-dealkylation sites (N-methyl/N-ethyl adjacent to an activating group) is 2. The molecule has 0 bridgehead atoms. The molecule has 0 aliphatic rings. The van der Waals surface area contributed by atoms with Gasteiger partial charge in [-0.3, -0.25) is 14.6 Å². The number of methoxy groups -OCH3 is 1. The van der Waals surface area contributed by atoms with Crippen LogP contribution in [0.3, 0.4) is 0 Å². The summed E-state index contributed by atoms with van der Waals surface area (Å²) < 4.78 is 4.69. The number of ether oxygens (including phenoxy) is 1. The number of hydrogen-bond donors (Lipinski definition) is 1. The van der Waals surface area contributed by atoms with Gasteiger partial charge in [0.2, 0.25) is 5.91 Å². The summed E-state index contributed by atoms with van der Waals surface area (Å²) in [5.74, 6) is 0.0601. The van der Waals surface area contributed by atoms with E-state index >= 15 is 0 Å². The van der Waals surface area contributed by atoms with E-state index in [9.17, 15) is 9.59 Å². The zero-order valence-corrected chi connectivity index (χ0v) is 14.7. The third-order valence-corrected chi connectivity index (χ3v) is 3.30. The van der Waals surface area contributed by atoms with E-state index in [0.29, 0.717) is 32.1 Å². The minimum Gasteiger partial charge on any atom is -0.469 e. The van der Waals surface area contributed by atoms with Crippen LogP contribution in [0.25, 0.3) is 0 Å². The summed E-state index contributed by atoms with van der Waals surface area (Å²) in [6.07, 6.45) is 0. The summed E-state index contributed by atoms with van der Waals surface area (Å²) in [5, 5.41) is 3.13. The van der Waals surface area contributed by atoms with Crippen LogP contribution in [0.15, 0.2) is 4.99 Å². The third kappa shape index (κ3) is 6.78. The lowest BCUT2D eigenvalue weighted by molar-refractivity contribution is -0.144. The molecule has 0 aliphatic heterocycles. The third-order valence-electron chi connectivity index (χ3n) is 3.30. The number of nitrogens with zero attached hydrogens (tertiary/aromatic N) is 3. The fraction of sp³-hybridized carbons (Fsp3) is 0.800. The van der Waals surface area contributed by atoms with Crippen molar-refractivity contribution >= 4 is 17.8 Å². The lowest BCUT2D eigenvalue weighted by Gasteiger charge is -2.25. The standard InChI is InChI=1S/C15H30N4O3/c1-7-16-15(17-10-12(4)14(21)22-6)18(5)11-13(20)19(8-2)9-3/h12H,7-11H2,1-6H3,(H,16,17). The molecule has 7 heteroatoms. The van der Waals surface area contributed by atoms with Crippen LogP contribution in [0.5, 0.6) is 0 Å². The first-order chi connectivity index (χ1) is 10.4. The molecule has 0 aromatic rings. The lowest BCUT2D eigenvalue weighted by atomic mass is 10.2. The fourth-order valence-corrected chi connectivity index (χ4v) is 1.92. The molecular weight excluding hydrogens is 284 g/mol. The molecule has 128 valence electrons. The Morgan fingerprint density at radius 2 is 1.82 bits per heavy atom. The smallest absolute Gasteiger partial charge is 0.310 e. The first kappa shape index (κ1) is 20.2. The van der Waals surface area contributed by atoms with Gasteiger partial charge in [-0.15, -0.1) is 0 Å². The average Bonchev–Trinajstić information content (AvgIpc) is 2.51. The zero-order chi connectivity index (χ0) is 17.1. The lowest BCUT2D eigenvalue weighted by Crippen LogP contribution is -2.45. The van der Waals surface area contributed by atoms with E-state index in [1.807, 2.05) is 27.8 Å². The number of carbonyl (C=O) groups is 2. The van der Waals surface area contributed by atoms with Crippen molar-refractivity contribution in [2.45, 2.75) is 27.7 Å². The average molecular weight is 314 g/mol. The summed E-state index contributed by atoms with van der Waals surface area (Å²) in [4.78, 5) is 31.5. The Kier molecular flexibility index (Phi) is 9.98. The highest BCUT2D eigenvalue weighted by molar-refractivity contribution is 5.86. The van der Waals surface area contributed by atoms with E-state index < -0.39 is 0 Å². The van der Waals surface area contributed by atoms with Gasteiger partial charge in [0.1, 0.15) is 0 Å². The van der Waals surface area contributed by atoms with Crippen LogP contribution >= 0.6 is 0 Å². The molecule has 0 rings (SSSR count). The highest BCUT2D eigenvalue weighted by Gasteiger charge is 2.17. The van der Waals surface area contributed by atoms with Gasteiger partial charge in [0.05, 0.1) is 26.1 Å². The molecule has 1 N–H and O–H groups in total. The molecule has 1 atom stereocenters. The van der Waals surface area contributed by atoms with E-state index in [1.165, 1.54) is 7.11 Å². The van der Waals surface area contributed by atoms with Crippen LogP contribution in [-0.2, 0) is 14.3 Å². The number of amides is 1. The van der Waals surface area contributed by atoms with Gasteiger partial charge in [-0.1, -0.05) is 6.92 Å². The predicted molar refractivity (Wildman–Crippen MR) is 87.7 cm³/mol. The molecule has 0 spiro atoms. The second-order valence-electron chi connectivity index (χ2n) is 5.04. The minimum absolute atomic E-state index is 0.0547. The maximum Gasteiger partial charge on any atom is 0.310 e. The Morgan fingerprint density at radius 1 is 1.23 bits per heavy atom. The molecule has 0 fully saturated rings. The maximum atomic E-state index is 12.1. The highest BCUT2D eigenvalue weighted by Crippen LogP contribution is 2.00. The van der Waals surface area contributed by atoms with Gasteiger partial charge in [-0.25, -0.2) is 0 Å². The molecule has 1 amide bonds. The number of carbonyl (C=O) groups excluding carboxylic acids is 2. The number of rotatable bonds is 8. The second-order valence-corrected chi connectivity index (χ2v) is 5.04. The Balaban J connectivity index is 4.78. The van der Waals surface area contributed by atoms with Crippen molar-refractivity contribution in [3.05, 3.63) is 0 Å². The molecule has 22 heavy (non-hydrogen) atoms. The summed E-state index contributed by atoms with van der Waals surface area (Å²) in [6, 6.07) is 0. The molecule has 7 nitrogen and oxygen atoms in total. The number of aliphatic imine (C=N–C) groups is 1. The Hall–Kier alpha value is -1.79. The van der Waals surface area contributed by atoms with Crippen molar-refractivity contribution in [2.24, 2.45) is 10.9 Å². The van der Waals surface area contributed by atoms with E-state index in [-0.39, 0.29) is 24.3 Å². The molecular formula is C15H30N4O3. The molecule has 0 saturated carbocycles. The predicted octanol–water partition coefficient (Wildman–Crippen LogP) is 0.561. The van der Waals surface area contributed by atoms with Crippen molar-refractivity contribution in [1.29, 1.82) is 0 Å². The summed E-state index contributed by atoms with van der Waals surface area (Å²) >= 11 is 0. The van der Waals surface area contributed by atoms with Gasteiger partial charge in [0.25, 0.3) is 0 Å². The van der Waals surface area contributed by atoms with Crippen LogP contribution in [-0.4, -0.2) is 74.5 Å². The summed E-state index contributed by atoms with van der Waals surface area (Å²) in [7, 11) is 3.17. The largest absolute Gasteiger partial charge is 0.469 e. The first-order valence-electron chi connectivity index (χ1n) is 7.76. The van der Waals surface area contributed by atoms with Crippen LogP contribution in [0.1, 0.15) is 27.7 Å². The molecule has 0 aliphatic carbocycles. The summed E-state index contributed by atoms with van der Waals surface area (Å²) in [6.45, 7) is 10.3. The van der Waals surface area contributed by atoms with Crippen molar-refractivity contribution in [2.75, 3.05) is 46.9 Å². The molecule has 0 aromatic carbocycles. The van der Waals surface area contributed by atoms with Crippen LogP contribution in [0.2, 0.25) is 0 Å². The quantitative estimate of drug-likeness (QED) is 0.403. The first-order valence-corrected chi connectivity index (χ1v) is 7.76. The number of nitrogens with one attached hydrogen (secondary N) is 1. The zero-order valence-electron chi connectivity index (χ0n) is 14.7. The molecule has 1 unspecified atom stereocenters. The number of guanidine groups is 1. The fourth-order valence-electron chi connectivity index (χ4n) is 1.92. The number of esters is 1. The van der Waals surface area contributed by atoms with Crippen molar-refractivity contribution in [3.8, 4) is 0 Å². The second kappa shape index (κ2) is 10.9. The van der Waals surface area contributed by atoms with Crippen molar-refractivity contribution in [1.82, 2.24) is 15.1 Å². The van der Waals surface area contributed by atoms with Gasteiger partial charge in [0.15, 0.2) is 5.96 Å². The van der Waals surface area contributed by atoms with E-state index in [4.69, 9.17) is 0 Å². The van der Waals surface area contributed by atoms with E-state index in [2.05, 4.69) is 15.0 Å². The SMILES string of the molecule is CCNC(=NCC(C)C(=O)OC)N(C)CC(=O)N(CC)CC. The Bertz CT molecular complexity index is 381. The Labute approximate surface area is 133 Å². The van der Waals surface area contributed by atoms with E-state index in [0.717, 1.165) is 0 Å². The van der Waals surface area contributed by atoms with E-state index in [1.54, 1.807) is 16.7 Å². The normalized spacial score (nSPS) is 12.5. The van der Waals surface area contributed by atoms with Crippen LogP contribution < -0.4 is 5.32 Å². The topological polar surface area (TPSA) is 74.2 Å². The van der Waals surface area contributed by atoms with Crippen LogP contribution in [0, 0.1) is 5.92 Å². The van der Waals surface area contributed by atoms with Gasteiger partial charge >= 0.3 is 5.97 Å². The minimum atomic E-state index is -0.314. The van der Waals surface area contributed by atoms with Crippen molar-refractivity contribution < 1.29 is 14.3 Å². The Morgan fingerprint density at radius 3 is 2.27 bits per heavy atom. The molecule has 0 saturated heterocycles. The maximum absolute atomic E-state index is 12.1. The number of hydrogen-bond acceptors (Lipinski definition) is 4.